The van der Waals surface area contributed by atoms with Crippen molar-refractivity contribution in [2.45, 2.75) is 25.8 Å². The van der Waals surface area contributed by atoms with Crippen LogP contribution in [-0.2, 0) is 0 Å². The molecule has 3 N–H and O–H groups in total. The lowest BCUT2D eigenvalue weighted by atomic mass is 10.1. The van der Waals surface area contributed by atoms with Crippen LogP contribution in [-0.4, -0.2) is 58.4 Å². The second kappa shape index (κ2) is 7.04. The molecule has 7 nitrogen and oxygen atoms in total. The Bertz CT molecular complexity index is 430. The van der Waals surface area contributed by atoms with Gasteiger partial charge in [0.1, 0.15) is 0 Å². The molecule has 1 aromatic heterocycles. The van der Waals surface area contributed by atoms with Crippen LogP contribution in [0.25, 0.3) is 0 Å². The summed E-state index contributed by atoms with van der Waals surface area (Å²) in [6.45, 7) is 5.59. The fraction of sp³-hybridized carbons (Fsp3) is 0.615. The van der Waals surface area contributed by atoms with Crippen molar-refractivity contribution in [1.29, 1.82) is 0 Å². The Labute approximate surface area is 119 Å². The summed E-state index contributed by atoms with van der Waals surface area (Å²) in [5, 5.41) is 20.1. The number of piperazine rings is 1. The van der Waals surface area contributed by atoms with Crippen molar-refractivity contribution in [3.8, 4) is 0 Å². The molecular weight excluding hydrogens is 256 g/mol. The Hall–Kier alpha value is -1.89. The third kappa shape index (κ3) is 3.36. The minimum Gasteiger partial charge on any atom is -0.409 e. The van der Waals surface area contributed by atoms with Crippen LogP contribution in [0.4, 0.5) is 5.82 Å². The van der Waals surface area contributed by atoms with Gasteiger partial charge in [-0.25, -0.2) is 0 Å². The summed E-state index contributed by atoms with van der Waals surface area (Å²) in [7, 11) is 0. The van der Waals surface area contributed by atoms with E-state index in [1.807, 2.05) is 12.1 Å². The van der Waals surface area contributed by atoms with Gasteiger partial charge in [0.25, 0.3) is 0 Å². The minimum atomic E-state index is 0.0222. The molecule has 0 aliphatic carbocycles. The van der Waals surface area contributed by atoms with Crippen molar-refractivity contribution in [3.05, 3.63) is 18.3 Å². The standard InChI is InChI=1S/C13H22N6O/c1-2-4-11(13(14)17-20)18-7-9-19(10-8-18)12-5-3-6-15-16-12/h3,5-6,11,20H,2,4,7-10H2,1H3,(H2,14,17). The average Bonchev–Trinajstić information content (AvgIpc) is 2.53. The topological polar surface area (TPSA) is 90.9 Å². The van der Waals surface area contributed by atoms with Crippen LogP contribution in [0.3, 0.4) is 0 Å². The highest BCUT2D eigenvalue weighted by atomic mass is 16.4. The molecule has 0 spiro atoms. The number of nitrogens with two attached hydrogens (primary N) is 1. The van der Waals surface area contributed by atoms with Crippen LogP contribution in [0, 0.1) is 0 Å². The summed E-state index contributed by atoms with van der Waals surface area (Å²) < 4.78 is 0. The number of nitrogens with zero attached hydrogens (tertiary/aromatic N) is 5. The van der Waals surface area contributed by atoms with Gasteiger partial charge >= 0.3 is 0 Å². The van der Waals surface area contributed by atoms with Gasteiger partial charge in [0.05, 0.1) is 6.04 Å². The van der Waals surface area contributed by atoms with Crippen LogP contribution < -0.4 is 10.6 Å². The van der Waals surface area contributed by atoms with E-state index < -0.39 is 0 Å². The molecule has 2 rings (SSSR count). The zero-order valence-electron chi connectivity index (χ0n) is 11.8. The molecule has 1 aromatic rings. The first-order valence-corrected chi connectivity index (χ1v) is 7.00. The lowest BCUT2D eigenvalue weighted by Crippen LogP contribution is -2.54. The third-order valence-corrected chi connectivity index (χ3v) is 3.66. The molecule has 0 aromatic carbocycles. The second-order valence-electron chi connectivity index (χ2n) is 4.93. The Kier molecular flexibility index (Phi) is 5.11. The Morgan fingerprint density at radius 1 is 1.45 bits per heavy atom. The zero-order chi connectivity index (χ0) is 14.4. The van der Waals surface area contributed by atoms with Crippen LogP contribution in [0.2, 0.25) is 0 Å². The zero-order valence-corrected chi connectivity index (χ0v) is 11.8. The van der Waals surface area contributed by atoms with E-state index in [0.29, 0.717) is 5.84 Å². The molecule has 1 fully saturated rings. The van der Waals surface area contributed by atoms with Crippen molar-refractivity contribution in [3.63, 3.8) is 0 Å². The molecule has 1 aliphatic rings. The number of amidine groups is 1. The van der Waals surface area contributed by atoms with E-state index in [2.05, 4.69) is 32.1 Å². The van der Waals surface area contributed by atoms with E-state index in [9.17, 15) is 0 Å². The molecule has 20 heavy (non-hydrogen) atoms. The van der Waals surface area contributed by atoms with Crippen molar-refractivity contribution in [2.75, 3.05) is 31.1 Å². The quantitative estimate of drug-likeness (QED) is 0.353. The normalized spacial score (nSPS) is 19.1. The van der Waals surface area contributed by atoms with Crippen molar-refractivity contribution in [2.24, 2.45) is 10.9 Å². The van der Waals surface area contributed by atoms with Gasteiger partial charge in [0.15, 0.2) is 11.7 Å². The molecule has 1 saturated heterocycles. The van der Waals surface area contributed by atoms with Gasteiger partial charge in [-0.15, -0.1) is 5.10 Å². The molecule has 1 aliphatic heterocycles. The van der Waals surface area contributed by atoms with E-state index in [1.54, 1.807) is 6.20 Å². The molecule has 1 unspecified atom stereocenters. The fourth-order valence-electron chi connectivity index (χ4n) is 2.58. The molecule has 0 radical (unpaired) electrons. The molecule has 0 amide bonds. The van der Waals surface area contributed by atoms with E-state index in [1.165, 1.54) is 0 Å². The summed E-state index contributed by atoms with van der Waals surface area (Å²) in [6, 6.07) is 3.88. The average molecular weight is 278 g/mol. The van der Waals surface area contributed by atoms with E-state index in [-0.39, 0.29) is 6.04 Å². The maximum atomic E-state index is 8.90. The molecule has 0 bridgehead atoms. The predicted molar refractivity (Wildman–Crippen MR) is 77.9 cm³/mol. The molecule has 0 saturated carbocycles. The van der Waals surface area contributed by atoms with Crippen molar-refractivity contribution in [1.82, 2.24) is 15.1 Å². The van der Waals surface area contributed by atoms with Gasteiger partial charge in [0.2, 0.25) is 0 Å². The maximum Gasteiger partial charge on any atom is 0.156 e. The first-order chi connectivity index (χ1) is 9.76. The van der Waals surface area contributed by atoms with Gasteiger partial charge in [-0.1, -0.05) is 18.5 Å². The molecule has 7 heteroatoms. The maximum absolute atomic E-state index is 8.90. The first kappa shape index (κ1) is 14.5. The number of anilines is 1. The van der Waals surface area contributed by atoms with Crippen LogP contribution in [0.15, 0.2) is 23.5 Å². The first-order valence-electron chi connectivity index (χ1n) is 7.00. The smallest absolute Gasteiger partial charge is 0.156 e. The van der Waals surface area contributed by atoms with Gasteiger partial charge in [-0.3, -0.25) is 4.90 Å². The highest BCUT2D eigenvalue weighted by Gasteiger charge is 2.26. The third-order valence-electron chi connectivity index (χ3n) is 3.66. The van der Waals surface area contributed by atoms with Gasteiger partial charge in [-0.2, -0.15) is 5.10 Å². The number of hydrogen-bond acceptors (Lipinski definition) is 6. The number of hydrogen-bond donors (Lipinski definition) is 2. The van der Waals surface area contributed by atoms with E-state index in [4.69, 9.17) is 10.9 Å². The lowest BCUT2D eigenvalue weighted by molar-refractivity contribution is 0.211. The summed E-state index contributed by atoms with van der Waals surface area (Å²) in [6.07, 6.45) is 3.59. The summed E-state index contributed by atoms with van der Waals surface area (Å²) in [5.41, 5.74) is 5.80. The van der Waals surface area contributed by atoms with Gasteiger partial charge in [0, 0.05) is 32.4 Å². The van der Waals surface area contributed by atoms with Crippen molar-refractivity contribution < 1.29 is 5.21 Å². The van der Waals surface area contributed by atoms with Crippen LogP contribution in [0.1, 0.15) is 19.8 Å². The highest BCUT2D eigenvalue weighted by Crippen LogP contribution is 2.15. The predicted octanol–water partition coefficient (Wildman–Crippen LogP) is 0.514. The second-order valence-corrected chi connectivity index (χ2v) is 4.93. The van der Waals surface area contributed by atoms with Gasteiger partial charge < -0.3 is 15.8 Å². The molecule has 110 valence electrons. The summed E-state index contributed by atoms with van der Waals surface area (Å²) in [4.78, 5) is 4.48. The Balaban J connectivity index is 1.96. The Morgan fingerprint density at radius 2 is 2.20 bits per heavy atom. The monoisotopic (exact) mass is 278 g/mol. The van der Waals surface area contributed by atoms with Crippen LogP contribution >= 0.6 is 0 Å². The number of aromatic nitrogens is 2. The van der Waals surface area contributed by atoms with E-state index in [0.717, 1.165) is 44.8 Å². The SMILES string of the molecule is CCCC(C(N)=NO)N1CCN(c2cccnn2)CC1. The fourth-order valence-corrected chi connectivity index (χ4v) is 2.58. The van der Waals surface area contributed by atoms with E-state index >= 15 is 0 Å². The number of rotatable bonds is 5. The molecular formula is C13H22N6O. The van der Waals surface area contributed by atoms with Gasteiger partial charge in [-0.05, 0) is 18.6 Å². The van der Waals surface area contributed by atoms with Crippen molar-refractivity contribution >= 4 is 11.7 Å². The molecule has 1 atom stereocenters. The summed E-state index contributed by atoms with van der Waals surface area (Å²) in [5.74, 6) is 1.21. The minimum absolute atomic E-state index is 0.0222. The largest absolute Gasteiger partial charge is 0.409 e. The highest BCUT2D eigenvalue weighted by molar-refractivity contribution is 5.85. The Morgan fingerprint density at radius 3 is 2.75 bits per heavy atom. The van der Waals surface area contributed by atoms with Crippen LogP contribution in [0.5, 0.6) is 0 Å². The number of oxime groups is 1. The molecule has 2 heterocycles. The summed E-state index contributed by atoms with van der Waals surface area (Å²) >= 11 is 0. The lowest BCUT2D eigenvalue weighted by Gasteiger charge is -2.39.